The van der Waals surface area contributed by atoms with Crippen LogP contribution in [0.1, 0.15) is 155 Å². The van der Waals surface area contributed by atoms with Crippen molar-refractivity contribution < 1.29 is 61.9 Å². The van der Waals surface area contributed by atoms with E-state index in [-0.39, 0.29) is 70.5 Å². The van der Waals surface area contributed by atoms with E-state index in [2.05, 4.69) is 116 Å². The van der Waals surface area contributed by atoms with Gasteiger partial charge in [0.15, 0.2) is 51.5 Å². The number of H-pyrrole nitrogens is 1. The Kier molecular flexibility index (Phi) is 28.8. The SMILES string of the molecule is CC1C(C(N)=O)CCCN1c1ccnc(-c2cnc3cnc(C(F)F)cn23)n1.FC(F)c1cn2c(-c3nccc(N4CCCC(c5cccnc5)C4)n3)cnc2cn1.FC(F)c1cn2c(-c3nccc(N4CCCC(c5cnc[nH]5)C4)n3)cnc2cn1.NC(=O)C1CCCN(c2cccc(-c3cnc4cnc(C(F)F)cn34)n2)C1.NS(=O)(=O)C1CCCN(c2ccnc(-c3cnc4cnc(C(F)F)cn34)n2)C1. The van der Waals surface area contributed by atoms with Gasteiger partial charge >= 0.3 is 0 Å². The minimum atomic E-state index is -3.64. The van der Waals surface area contributed by atoms with Crippen molar-refractivity contribution in [2.24, 2.45) is 28.4 Å². The molecular weight excluding hydrogens is 1880 g/mol. The van der Waals surface area contributed by atoms with Gasteiger partial charge in [-0.15, -0.1) is 0 Å². The van der Waals surface area contributed by atoms with Gasteiger partial charge in [0.05, 0.1) is 96.8 Å². The number of hydrogen-bond acceptors (Lipinski definition) is 30. The molecule has 0 aromatic carbocycles. The predicted octanol–water partition coefficient (Wildman–Crippen LogP) is 13.2. The summed E-state index contributed by atoms with van der Waals surface area (Å²) in [6, 6.07) is 16.7. The third-order valence-corrected chi connectivity index (χ3v) is 26.6. The van der Waals surface area contributed by atoms with Gasteiger partial charge in [0.1, 0.15) is 80.3 Å². The van der Waals surface area contributed by atoms with Crippen molar-refractivity contribution in [3.05, 3.63) is 237 Å². The number of fused-ring (bicyclic) bond motifs is 5. The van der Waals surface area contributed by atoms with Gasteiger partial charge in [0.25, 0.3) is 32.1 Å². The van der Waals surface area contributed by atoms with E-state index in [4.69, 9.17) is 26.6 Å². The van der Waals surface area contributed by atoms with Gasteiger partial charge in [-0.05, 0) is 119 Å². The van der Waals surface area contributed by atoms with Gasteiger partial charge < -0.3 is 41.0 Å². The average Bonchev–Trinajstić information content (AvgIpc) is 1.62. The highest BCUT2D eigenvalue weighted by Crippen LogP contribution is 2.37. The van der Waals surface area contributed by atoms with Crippen LogP contribution in [0, 0.1) is 11.8 Å². The molecule has 0 spiro atoms. The van der Waals surface area contributed by atoms with Crippen LogP contribution in [0.15, 0.2) is 197 Å². The molecule has 5 saturated heterocycles. The van der Waals surface area contributed by atoms with Crippen LogP contribution in [0.4, 0.5) is 73.0 Å². The van der Waals surface area contributed by atoms with Crippen LogP contribution >= 0.6 is 0 Å². The van der Waals surface area contributed by atoms with E-state index >= 15 is 0 Å². The second-order valence-corrected chi connectivity index (χ2v) is 36.0. The molecule has 142 heavy (non-hydrogen) atoms. The Bertz CT molecular complexity index is 7430. The number of carbonyl (C=O) groups is 2. The number of nitrogens with two attached hydrogens (primary N) is 3. The molecule has 22 rings (SSSR count). The van der Waals surface area contributed by atoms with E-state index in [1.807, 2.05) is 64.3 Å². The third kappa shape index (κ3) is 21.6. The molecule has 0 radical (unpaired) electrons. The van der Waals surface area contributed by atoms with Gasteiger partial charge in [-0.1, -0.05) is 12.1 Å². The molecule has 17 aromatic heterocycles. The van der Waals surface area contributed by atoms with Crippen molar-refractivity contribution in [2.45, 2.75) is 126 Å². The molecule has 0 saturated carbocycles. The van der Waals surface area contributed by atoms with E-state index in [0.717, 1.165) is 114 Å². The number of nitrogens with one attached hydrogen (secondary N) is 1. The highest BCUT2D eigenvalue weighted by molar-refractivity contribution is 7.89. The van der Waals surface area contributed by atoms with Crippen LogP contribution in [0.3, 0.4) is 0 Å². The van der Waals surface area contributed by atoms with Gasteiger partial charge in [-0.25, -0.2) is 157 Å². The molecule has 2 amide bonds. The number of aromatic nitrogens is 27. The molecular formula is C92H91F10N35O4S. The first-order chi connectivity index (χ1) is 68.7. The van der Waals surface area contributed by atoms with E-state index in [0.29, 0.717) is 129 Å². The van der Waals surface area contributed by atoms with Gasteiger partial charge in [0, 0.05) is 157 Å². The van der Waals surface area contributed by atoms with Gasteiger partial charge in [-0.3, -0.25) is 36.6 Å². The molecule has 6 atom stereocenters. The smallest absolute Gasteiger partial charge is 0.281 e. The molecule has 734 valence electrons. The molecule has 5 aliphatic heterocycles. The number of alkyl halides is 10. The first kappa shape index (κ1) is 96.4. The zero-order valence-corrected chi connectivity index (χ0v) is 76.5. The second-order valence-electron chi connectivity index (χ2n) is 34.2. The number of pyridine rings is 2. The lowest BCUT2D eigenvalue weighted by Crippen LogP contribution is -2.48. The molecule has 50 heteroatoms. The normalized spacial score (nSPS) is 18.0. The molecule has 17 aromatic rings. The predicted molar refractivity (Wildman–Crippen MR) is 499 cm³/mol. The fourth-order valence-electron chi connectivity index (χ4n) is 17.9. The molecule has 0 aliphatic carbocycles. The number of hydrogen-bond donors (Lipinski definition) is 4. The summed E-state index contributed by atoms with van der Waals surface area (Å²) in [4.78, 5) is 125. The summed E-state index contributed by atoms with van der Waals surface area (Å²) in [5.41, 5.74) is 17.1. The third-order valence-electron chi connectivity index (χ3n) is 25.2. The molecule has 7 N–H and O–H groups in total. The van der Waals surface area contributed by atoms with Crippen LogP contribution < -0.4 is 41.1 Å². The molecule has 6 unspecified atom stereocenters. The number of carbonyl (C=O) groups excluding carboxylic acids is 2. The Morgan fingerprint density at radius 3 is 1.18 bits per heavy atom. The van der Waals surface area contributed by atoms with Gasteiger partial charge in [0.2, 0.25) is 21.8 Å². The van der Waals surface area contributed by atoms with E-state index in [1.54, 1.807) is 81.1 Å². The van der Waals surface area contributed by atoms with E-state index < -0.39 is 47.4 Å². The zero-order chi connectivity index (χ0) is 99.0. The monoisotopic (exact) mass is 1970 g/mol. The number of nitrogens with zero attached hydrogens (tertiary/aromatic N) is 31. The van der Waals surface area contributed by atoms with E-state index in [9.17, 15) is 61.9 Å². The first-order valence-corrected chi connectivity index (χ1v) is 46.9. The number of anilines is 5. The second kappa shape index (κ2) is 42.4. The van der Waals surface area contributed by atoms with Crippen LogP contribution in [0.5, 0.6) is 0 Å². The molecule has 22 heterocycles. The summed E-state index contributed by atoms with van der Waals surface area (Å²) < 4.78 is 161. The number of rotatable bonds is 20. The number of imidazole rings is 6. The summed E-state index contributed by atoms with van der Waals surface area (Å²) >= 11 is 0. The topological polar surface area (TPSA) is 471 Å². The molecule has 0 bridgehead atoms. The maximum atomic E-state index is 13.1. The summed E-state index contributed by atoms with van der Waals surface area (Å²) in [5, 5.41) is 4.64. The number of piperidine rings is 5. The lowest BCUT2D eigenvalue weighted by Gasteiger charge is -2.38. The summed E-state index contributed by atoms with van der Waals surface area (Å²) in [7, 11) is -3.64. The highest BCUT2D eigenvalue weighted by atomic mass is 32.2. The Morgan fingerprint density at radius 2 is 0.761 bits per heavy atom. The Balaban J connectivity index is 0.000000117. The van der Waals surface area contributed by atoms with Gasteiger partial charge in [-0.2, -0.15) is 0 Å². The van der Waals surface area contributed by atoms with Crippen LogP contribution in [-0.4, -0.2) is 222 Å². The van der Waals surface area contributed by atoms with Crippen LogP contribution in [-0.2, 0) is 19.6 Å². The number of primary amides is 2. The Hall–Kier alpha value is -15.9. The Morgan fingerprint density at radius 1 is 0.373 bits per heavy atom. The fourth-order valence-corrected chi connectivity index (χ4v) is 18.8. The number of aromatic amines is 1. The van der Waals surface area contributed by atoms with Crippen LogP contribution in [0.25, 0.3) is 85.7 Å². The highest BCUT2D eigenvalue weighted by Gasteiger charge is 2.36. The Labute approximate surface area is 801 Å². The number of primary sulfonamides is 1. The largest absolute Gasteiger partial charge is 0.369 e. The van der Waals surface area contributed by atoms with Crippen molar-refractivity contribution in [1.82, 2.24) is 132 Å². The quantitative estimate of drug-likeness (QED) is 0.0515. The zero-order valence-electron chi connectivity index (χ0n) is 75.7. The van der Waals surface area contributed by atoms with Crippen molar-refractivity contribution in [2.75, 3.05) is 83.4 Å². The standard InChI is InChI=1S/C21H19F2N7.C19H18F2N8.C18H19F2N7O.C18H18F2N6O.C16H17F2N7O2S/c22-20(23)16-13-30-17(10-27-19(30)11-26-16)21-25-7-5-18(28-21)29-8-2-4-15(12-29)14-3-1-6-24-9-14;20-18(21)14-10-29-15(7-25-17(29)8-24-14)19-23-4-3-16(27-19)28-5-1-2-12(9-28)13-6-22-11-26-13;1-10-11(17(21)28)3-2-6-26(10)14-4-5-22-18(25-14)13-7-24-15-8-23-12(16(19)20)9-27(13)15;19-17(20)13-10-26-14(7-23-16(26)8-22-13)12-4-1-5-15(24-12)25-6-2-3-11(9-25)18(21)27;17-15(18)11-9-25-12(6-22-14(25)7-21-11)16-20-4-3-13(23-16)24-5-1-2-10(8-24)28(19,26)27/h1,3,5-7,9-11,13,15,20H,2,4,8,12H2;3-4,6-8,10-12,18H,1-2,5,9H2,(H,22,26);4-5,7-11,16H,2-3,6H2,1H3,(H2,21,28);1,4-5,7-8,10-11,17H,2-3,6,9H2,(H2,21,27);3-4,6-7,9-10,15H,1-2,5,8H2,(H2,19,26,27). The number of halogens is 10. The maximum absolute atomic E-state index is 13.1. The summed E-state index contributed by atoms with van der Waals surface area (Å²) in [5.74, 6) is 4.73. The molecule has 5 aliphatic rings. The fraction of sp³-hybridized carbons (Fsp3) is 0.337. The number of sulfonamides is 1. The summed E-state index contributed by atoms with van der Waals surface area (Å²) in [6.45, 7) is 8.34. The van der Waals surface area contributed by atoms with Crippen molar-refractivity contribution in [1.29, 1.82) is 0 Å². The summed E-state index contributed by atoms with van der Waals surface area (Å²) in [6.07, 6.45) is 29.7. The minimum Gasteiger partial charge on any atom is -0.369 e. The van der Waals surface area contributed by atoms with Crippen LogP contribution in [0.2, 0.25) is 0 Å². The molecule has 39 nitrogen and oxygen atoms in total. The van der Waals surface area contributed by atoms with Crippen molar-refractivity contribution in [3.8, 4) is 57.5 Å². The first-order valence-electron chi connectivity index (χ1n) is 45.3. The lowest BCUT2D eigenvalue weighted by molar-refractivity contribution is -0.123. The van der Waals surface area contributed by atoms with Crippen molar-refractivity contribution >= 4 is 79.2 Å². The maximum Gasteiger partial charge on any atom is 0.281 e. The average molecular weight is 1970 g/mol. The van der Waals surface area contributed by atoms with Crippen molar-refractivity contribution in [3.63, 3.8) is 0 Å². The number of amides is 2. The van der Waals surface area contributed by atoms with E-state index in [1.165, 1.54) is 94.9 Å². The molecule has 5 fully saturated rings. The lowest BCUT2D eigenvalue weighted by atomic mass is 9.89. The minimum absolute atomic E-state index is 0.0918.